The molecule has 0 fully saturated rings. The van der Waals surface area contributed by atoms with Crippen molar-refractivity contribution < 1.29 is 0 Å². The maximum absolute atomic E-state index is 6.14. The van der Waals surface area contributed by atoms with E-state index in [0.29, 0.717) is 10.8 Å². The van der Waals surface area contributed by atoms with Gasteiger partial charge in [-0.15, -0.1) is 11.3 Å². The van der Waals surface area contributed by atoms with Crippen LogP contribution in [0.5, 0.6) is 0 Å². The van der Waals surface area contributed by atoms with Gasteiger partial charge in [-0.05, 0) is 36.1 Å². The van der Waals surface area contributed by atoms with E-state index >= 15 is 0 Å². The quantitative estimate of drug-likeness (QED) is 0.770. The van der Waals surface area contributed by atoms with E-state index in [1.807, 2.05) is 48.7 Å². The molecule has 0 atom stereocenters. The molecule has 0 spiro atoms. The van der Waals surface area contributed by atoms with Crippen molar-refractivity contribution in [3.63, 3.8) is 0 Å². The van der Waals surface area contributed by atoms with Crippen LogP contribution in [0.25, 0.3) is 16.3 Å². The molecule has 2 N–H and O–H groups in total. The third kappa shape index (κ3) is 2.25. The Bertz CT molecular complexity index is 716. The van der Waals surface area contributed by atoms with Crippen molar-refractivity contribution in [2.75, 3.05) is 5.73 Å². The van der Waals surface area contributed by atoms with Crippen LogP contribution in [-0.2, 0) is 0 Å². The first-order chi connectivity index (χ1) is 9.15. The Balaban J connectivity index is 2.08. The van der Waals surface area contributed by atoms with Crippen LogP contribution >= 0.6 is 22.9 Å². The lowest BCUT2D eigenvalue weighted by Crippen LogP contribution is -2.01. The molecule has 3 aromatic rings. The first-order valence-electron chi connectivity index (χ1n) is 5.81. The number of hydrogen-bond acceptors (Lipinski definition) is 3. The summed E-state index contributed by atoms with van der Waals surface area (Å²) in [5.41, 5.74) is 8.82. The Hall–Kier alpha value is -1.78. The number of nitrogens with zero attached hydrogens (tertiary/aromatic N) is 2. The molecule has 0 saturated carbocycles. The van der Waals surface area contributed by atoms with E-state index < -0.39 is 0 Å². The van der Waals surface area contributed by atoms with Crippen molar-refractivity contribution in [2.24, 2.45) is 0 Å². The van der Waals surface area contributed by atoms with E-state index in [1.165, 1.54) is 0 Å². The molecular formula is C14H12ClN3S. The van der Waals surface area contributed by atoms with Crippen LogP contribution in [0.15, 0.2) is 41.8 Å². The molecule has 0 aliphatic carbocycles. The Morgan fingerprint density at radius 2 is 2.11 bits per heavy atom. The summed E-state index contributed by atoms with van der Waals surface area (Å²) in [5.74, 6) is 0.600. The number of anilines is 1. The summed E-state index contributed by atoms with van der Waals surface area (Å²) in [5, 5.41) is 7.27. The van der Waals surface area contributed by atoms with Crippen LogP contribution < -0.4 is 5.73 Å². The minimum absolute atomic E-state index is 0.600. The zero-order chi connectivity index (χ0) is 13.4. The van der Waals surface area contributed by atoms with Gasteiger partial charge in [0, 0.05) is 11.1 Å². The summed E-state index contributed by atoms with van der Waals surface area (Å²) >= 11 is 7.78. The van der Waals surface area contributed by atoms with Crippen LogP contribution in [0.4, 0.5) is 5.82 Å². The van der Waals surface area contributed by atoms with Crippen molar-refractivity contribution >= 4 is 28.8 Å². The normalized spacial score (nSPS) is 10.8. The highest BCUT2D eigenvalue weighted by Crippen LogP contribution is 2.27. The summed E-state index contributed by atoms with van der Waals surface area (Å²) in [6, 6.07) is 11.7. The molecule has 0 radical (unpaired) electrons. The Morgan fingerprint density at radius 3 is 2.79 bits per heavy atom. The van der Waals surface area contributed by atoms with E-state index in [9.17, 15) is 0 Å². The smallest absolute Gasteiger partial charge is 0.127 e. The van der Waals surface area contributed by atoms with Gasteiger partial charge in [-0.2, -0.15) is 5.10 Å². The molecule has 0 saturated heterocycles. The summed E-state index contributed by atoms with van der Waals surface area (Å²) in [4.78, 5) is 1.10. The number of aromatic nitrogens is 2. The van der Waals surface area contributed by atoms with Crippen molar-refractivity contribution in [3.05, 3.63) is 52.4 Å². The molecule has 0 unspecified atom stereocenters. The van der Waals surface area contributed by atoms with Crippen molar-refractivity contribution in [1.82, 2.24) is 9.78 Å². The van der Waals surface area contributed by atoms with Gasteiger partial charge in [0.1, 0.15) is 11.5 Å². The molecule has 1 aromatic carbocycles. The van der Waals surface area contributed by atoms with Gasteiger partial charge in [-0.25, -0.2) is 4.68 Å². The highest BCUT2D eigenvalue weighted by atomic mass is 35.5. The average Bonchev–Trinajstić information content (AvgIpc) is 3.01. The Morgan fingerprint density at radius 1 is 1.26 bits per heavy atom. The van der Waals surface area contributed by atoms with Gasteiger partial charge >= 0.3 is 0 Å². The maximum Gasteiger partial charge on any atom is 0.127 e. The molecule has 0 aliphatic rings. The number of benzene rings is 1. The number of aryl methyl sites for hydroxylation is 1. The highest BCUT2D eigenvalue weighted by Gasteiger charge is 2.10. The SMILES string of the molecule is Cc1ccc(-n2nc(-c3cccs3)cc2N)cc1Cl. The lowest BCUT2D eigenvalue weighted by molar-refractivity contribution is 0.895. The lowest BCUT2D eigenvalue weighted by Gasteiger charge is -2.05. The van der Waals surface area contributed by atoms with Crippen LogP contribution in [0.2, 0.25) is 5.02 Å². The number of halogens is 1. The van der Waals surface area contributed by atoms with Crippen molar-refractivity contribution in [1.29, 1.82) is 0 Å². The predicted octanol–water partition coefficient (Wildman–Crippen LogP) is 4.14. The van der Waals surface area contributed by atoms with Crippen LogP contribution in [0, 0.1) is 6.92 Å². The first-order valence-corrected chi connectivity index (χ1v) is 7.07. The van der Waals surface area contributed by atoms with Gasteiger partial charge in [0.25, 0.3) is 0 Å². The van der Waals surface area contributed by atoms with Crippen molar-refractivity contribution in [3.8, 4) is 16.3 Å². The first kappa shape index (κ1) is 12.3. The number of nitrogens with two attached hydrogens (primary N) is 1. The molecular weight excluding hydrogens is 278 g/mol. The molecule has 0 amide bonds. The molecule has 5 heteroatoms. The summed E-state index contributed by atoms with van der Waals surface area (Å²) in [6.07, 6.45) is 0. The molecule has 96 valence electrons. The number of thiophene rings is 1. The van der Waals surface area contributed by atoms with E-state index in [2.05, 4.69) is 5.10 Å². The van der Waals surface area contributed by atoms with Gasteiger partial charge < -0.3 is 5.73 Å². The molecule has 3 rings (SSSR count). The molecule has 3 nitrogen and oxygen atoms in total. The highest BCUT2D eigenvalue weighted by molar-refractivity contribution is 7.13. The van der Waals surface area contributed by atoms with Crippen LogP contribution in [0.1, 0.15) is 5.56 Å². The maximum atomic E-state index is 6.14. The van der Waals surface area contributed by atoms with E-state index in [1.54, 1.807) is 16.0 Å². The second-order valence-electron chi connectivity index (χ2n) is 4.28. The Kier molecular flexibility index (Phi) is 3.05. The fraction of sp³-hybridized carbons (Fsp3) is 0.0714. The van der Waals surface area contributed by atoms with Gasteiger partial charge in [0.05, 0.1) is 10.6 Å². The van der Waals surface area contributed by atoms with Gasteiger partial charge in [-0.1, -0.05) is 23.7 Å². The van der Waals surface area contributed by atoms with Gasteiger partial charge in [0.15, 0.2) is 0 Å². The summed E-state index contributed by atoms with van der Waals surface area (Å²) in [6.45, 7) is 1.97. The second-order valence-corrected chi connectivity index (χ2v) is 5.63. The largest absolute Gasteiger partial charge is 0.384 e. The molecule has 0 aliphatic heterocycles. The molecule has 2 heterocycles. The lowest BCUT2D eigenvalue weighted by atomic mass is 10.2. The minimum Gasteiger partial charge on any atom is -0.384 e. The van der Waals surface area contributed by atoms with Crippen LogP contribution in [-0.4, -0.2) is 9.78 Å². The standard InChI is InChI=1S/C14H12ClN3S/c1-9-4-5-10(7-11(9)15)18-14(16)8-12(17-18)13-3-2-6-19-13/h2-8H,16H2,1H3. The number of rotatable bonds is 2. The van der Waals surface area contributed by atoms with Crippen LogP contribution in [0.3, 0.4) is 0 Å². The minimum atomic E-state index is 0.600. The average molecular weight is 290 g/mol. The van der Waals surface area contributed by atoms with Gasteiger partial charge in [-0.3, -0.25) is 0 Å². The fourth-order valence-corrected chi connectivity index (χ4v) is 2.72. The van der Waals surface area contributed by atoms with E-state index in [0.717, 1.165) is 21.8 Å². The van der Waals surface area contributed by atoms with Crippen molar-refractivity contribution in [2.45, 2.75) is 6.92 Å². The summed E-state index contributed by atoms with van der Waals surface area (Å²) in [7, 11) is 0. The topological polar surface area (TPSA) is 43.8 Å². The third-order valence-corrected chi connectivity index (χ3v) is 4.21. The predicted molar refractivity (Wildman–Crippen MR) is 81.0 cm³/mol. The number of hydrogen-bond donors (Lipinski definition) is 1. The second kappa shape index (κ2) is 4.72. The molecule has 0 bridgehead atoms. The Labute approximate surface area is 120 Å². The summed E-state index contributed by atoms with van der Waals surface area (Å²) < 4.78 is 1.71. The van der Waals surface area contributed by atoms with Gasteiger partial charge in [0.2, 0.25) is 0 Å². The monoisotopic (exact) mass is 289 g/mol. The molecule has 2 aromatic heterocycles. The molecule has 19 heavy (non-hydrogen) atoms. The van der Waals surface area contributed by atoms with E-state index in [4.69, 9.17) is 17.3 Å². The third-order valence-electron chi connectivity index (χ3n) is 2.91. The van der Waals surface area contributed by atoms with E-state index in [-0.39, 0.29) is 0 Å². The number of nitrogen functional groups attached to an aromatic ring is 1. The zero-order valence-corrected chi connectivity index (χ0v) is 11.9. The fourth-order valence-electron chi connectivity index (χ4n) is 1.86. The zero-order valence-electron chi connectivity index (χ0n) is 10.3.